The topological polar surface area (TPSA) is 34.5 Å². The van der Waals surface area contributed by atoms with Gasteiger partial charge >= 0.3 is 0 Å². The summed E-state index contributed by atoms with van der Waals surface area (Å²) in [7, 11) is 1.63. The molecule has 1 unspecified atom stereocenters. The van der Waals surface area contributed by atoms with Gasteiger partial charge in [-0.1, -0.05) is 30.3 Å². The third-order valence-electron chi connectivity index (χ3n) is 3.69. The van der Waals surface area contributed by atoms with Crippen LogP contribution in [-0.2, 0) is 22.6 Å². The van der Waals surface area contributed by atoms with Crippen molar-refractivity contribution in [1.29, 1.82) is 0 Å². The maximum atomic E-state index is 12.3. The van der Waals surface area contributed by atoms with Crippen LogP contribution in [0, 0.1) is 0 Å². The molecular formula is C18H23ClN2O2. The van der Waals surface area contributed by atoms with Crippen LogP contribution < -0.4 is 0 Å². The van der Waals surface area contributed by atoms with E-state index in [1.54, 1.807) is 18.9 Å². The van der Waals surface area contributed by atoms with Crippen molar-refractivity contribution in [3.05, 3.63) is 59.9 Å². The van der Waals surface area contributed by atoms with Crippen molar-refractivity contribution in [2.24, 2.45) is 0 Å². The second-order valence-corrected chi connectivity index (χ2v) is 6.14. The standard InChI is InChI=1S/C18H23ClN2O2/c1-15(19)18(22)21(11-12-23-2)14-17-9-6-10-20(17)13-16-7-4-3-5-8-16/h3-10,15H,11-14H2,1-2H3. The van der Waals surface area contributed by atoms with Crippen molar-refractivity contribution < 1.29 is 9.53 Å². The van der Waals surface area contributed by atoms with Crippen LogP contribution in [0.25, 0.3) is 0 Å². The van der Waals surface area contributed by atoms with E-state index in [-0.39, 0.29) is 5.91 Å². The number of rotatable bonds is 8. The molecular weight excluding hydrogens is 312 g/mol. The van der Waals surface area contributed by atoms with Crippen LogP contribution >= 0.6 is 11.6 Å². The molecule has 2 aromatic rings. The molecule has 0 spiro atoms. The first kappa shape index (κ1) is 17.6. The summed E-state index contributed by atoms with van der Waals surface area (Å²) < 4.78 is 7.26. The number of halogens is 1. The summed E-state index contributed by atoms with van der Waals surface area (Å²) in [5.74, 6) is -0.0730. The molecule has 0 aliphatic heterocycles. The molecule has 0 aliphatic carbocycles. The van der Waals surface area contributed by atoms with Crippen LogP contribution in [-0.4, -0.2) is 41.0 Å². The first-order valence-corrected chi connectivity index (χ1v) is 8.15. The van der Waals surface area contributed by atoms with Crippen molar-refractivity contribution >= 4 is 17.5 Å². The Hall–Kier alpha value is -1.78. The summed E-state index contributed by atoms with van der Waals surface area (Å²) in [4.78, 5) is 14.0. The number of carbonyl (C=O) groups excluding carboxylic acids is 1. The number of hydrogen-bond donors (Lipinski definition) is 0. The number of benzene rings is 1. The van der Waals surface area contributed by atoms with Gasteiger partial charge in [-0.15, -0.1) is 11.6 Å². The zero-order valence-corrected chi connectivity index (χ0v) is 14.4. The third kappa shape index (κ3) is 5.12. The van der Waals surface area contributed by atoms with Crippen molar-refractivity contribution in [3.63, 3.8) is 0 Å². The molecule has 0 bridgehead atoms. The molecule has 1 atom stereocenters. The molecule has 0 saturated heterocycles. The fraction of sp³-hybridized carbons (Fsp3) is 0.389. The minimum atomic E-state index is -0.538. The Morgan fingerprint density at radius 3 is 2.65 bits per heavy atom. The van der Waals surface area contributed by atoms with Gasteiger partial charge in [0.15, 0.2) is 0 Å². The Bertz CT molecular complexity index is 610. The average molecular weight is 335 g/mol. The van der Waals surface area contributed by atoms with E-state index in [2.05, 4.69) is 16.7 Å². The molecule has 1 aromatic heterocycles. The van der Waals surface area contributed by atoms with Crippen LogP contribution in [0.2, 0.25) is 0 Å². The van der Waals surface area contributed by atoms with E-state index in [0.29, 0.717) is 19.7 Å². The lowest BCUT2D eigenvalue weighted by molar-refractivity contribution is -0.131. The zero-order chi connectivity index (χ0) is 16.7. The number of methoxy groups -OCH3 is 1. The van der Waals surface area contributed by atoms with Crippen LogP contribution in [0.15, 0.2) is 48.7 Å². The lowest BCUT2D eigenvalue weighted by Crippen LogP contribution is -2.38. The third-order valence-corrected chi connectivity index (χ3v) is 3.88. The molecule has 1 aromatic carbocycles. The van der Waals surface area contributed by atoms with Crippen LogP contribution in [0.1, 0.15) is 18.2 Å². The number of alkyl halides is 1. The number of amides is 1. The molecule has 2 rings (SSSR count). The highest BCUT2D eigenvalue weighted by Gasteiger charge is 2.19. The lowest BCUT2D eigenvalue weighted by atomic mass is 10.2. The smallest absolute Gasteiger partial charge is 0.240 e. The SMILES string of the molecule is COCCN(Cc1cccn1Cc1ccccc1)C(=O)C(C)Cl. The summed E-state index contributed by atoms with van der Waals surface area (Å²) in [6.45, 7) is 4.04. The van der Waals surface area contributed by atoms with E-state index in [1.807, 2.05) is 36.5 Å². The highest BCUT2D eigenvalue weighted by atomic mass is 35.5. The highest BCUT2D eigenvalue weighted by molar-refractivity contribution is 6.30. The molecule has 0 aliphatic rings. The Labute approximate surface area is 142 Å². The van der Waals surface area contributed by atoms with Crippen molar-refractivity contribution in [1.82, 2.24) is 9.47 Å². The molecule has 4 nitrogen and oxygen atoms in total. The van der Waals surface area contributed by atoms with Crippen LogP contribution in [0.5, 0.6) is 0 Å². The lowest BCUT2D eigenvalue weighted by Gasteiger charge is -2.24. The first-order chi connectivity index (χ1) is 11.1. The van der Waals surface area contributed by atoms with E-state index < -0.39 is 5.38 Å². The van der Waals surface area contributed by atoms with Crippen LogP contribution in [0.3, 0.4) is 0 Å². The first-order valence-electron chi connectivity index (χ1n) is 7.71. The Morgan fingerprint density at radius 1 is 1.26 bits per heavy atom. The van der Waals surface area contributed by atoms with Gasteiger partial charge in [0.05, 0.1) is 13.2 Å². The Balaban J connectivity index is 2.11. The van der Waals surface area contributed by atoms with E-state index in [4.69, 9.17) is 16.3 Å². The van der Waals surface area contributed by atoms with Gasteiger partial charge in [-0.05, 0) is 24.6 Å². The molecule has 0 saturated carbocycles. The molecule has 0 fully saturated rings. The summed E-state index contributed by atoms with van der Waals surface area (Å²) in [5.41, 5.74) is 2.31. The van der Waals surface area contributed by atoms with Gasteiger partial charge in [0, 0.05) is 32.1 Å². The van der Waals surface area contributed by atoms with Gasteiger partial charge in [0.1, 0.15) is 5.38 Å². The fourth-order valence-electron chi connectivity index (χ4n) is 2.44. The van der Waals surface area contributed by atoms with E-state index in [9.17, 15) is 4.79 Å². The van der Waals surface area contributed by atoms with Gasteiger partial charge in [-0.25, -0.2) is 0 Å². The monoisotopic (exact) mass is 334 g/mol. The fourth-order valence-corrected chi connectivity index (χ4v) is 2.58. The molecule has 1 amide bonds. The van der Waals surface area contributed by atoms with E-state index in [1.165, 1.54) is 5.56 Å². The highest BCUT2D eigenvalue weighted by Crippen LogP contribution is 2.12. The number of hydrogen-bond acceptors (Lipinski definition) is 2. The number of ether oxygens (including phenoxy) is 1. The minimum Gasteiger partial charge on any atom is -0.383 e. The molecule has 0 radical (unpaired) electrons. The van der Waals surface area contributed by atoms with Gasteiger partial charge < -0.3 is 14.2 Å². The normalized spacial score (nSPS) is 12.1. The average Bonchev–Trinajstić information content (AvgIpc) is 2.98. The van der Waals surface area contributed by atoms with Gasteiger partial charge in [0.25, 0.3) is 0 Å². The minimum absolute atomic E-state index is 0.0730. The molecule has 0 N–H and O–H groups in total. The van der Waals surface area contributed by atoms with E-state index in [0.717, 1.165) is 12.2 Å². The molecule has 124 valence electrons. The Morgan fingerprint density at radius 2 is 2.00 bits per heavy atom. The van der Waals surface area contributed by atoms with Crippen molar-refractivity contribution in [2.75, 3.05) is 20.3 Å². The number of nitrogens with zero attached hydrogens (tertiary/aromatic N) is 2. The predicted molar refractivity (Wildman–Crippen MR) is 92.6 cm³/mol. The second kappa shape index (κ2) is 8.75. The zero-order valence-electron chi connectivity index (χ0n) is 13.6. The maximum Gasteiger partial charge on any atom is 0.240 e. The number of aromatic nitrogens is 1. The molecule has 23 heavy (non-hydrogen) atoms. The van der Waals surface area contributed by atoms with Gasteiger partial charge in [-0.3, -0.25) is 4.79 Å². The largest absolute Gasteiger partial charge is 0.383 e. The number of carbonyl (C=O) groups is 1. The summed E-state index contributed by atoms with van der Waals surface area (Å²) in [6.07, 6.45) is 2.03. The van der Waals surface area contributed by atoms with Gasteiger partial charge in [0.2, 0.25) is 5.91 Å². The van der Waals surface area contributed by atoms with Crippen molar-refractivity contribution in [2.45, 2.75) is 25.4 Å². The molecule has 1 heterocycles. The summed E-state index contributed by atoms with van der Waals surface area (Å²) >= 11 is 5.97. The quantitative estimate of drug-likeness (QED) is 0.695. The van der Waals surface area contributed by atoms with Crippen molar-refractivity contribution in [3.8, 4) is 0 Å². The van der Waals surface area contributed by atoms with Crippen LogP contribution in [0.4, 0.5) is 0 Å². The summed E-state index contributed by atoms with van der Waals surface area (Å²) in [6, 6.07) is 14.3. The maximum absolute atomic E-state index is 12.3. The Kier molecular flexibility index (Phi) is 6.68. The predicted octanol–water partition coefficient (Wildman–Crippen LogP) is 3.14. The molecule has 5 heteroatoms. The summed E-state index contributed by atoms with van der Waals surface area (Å²) in [5, 5.41) is -0.538. The van der Waals surface area contributed by atoms with E-state index >= 15 is 0 Å². The second-order valence-electron chi connectivity index (χ2n) is 5.48. The van der Waals surface area contributed by atoms with Gasteiger partial charge in [-0.2, -0.15) is 0 Å².